The molecule has 0 N–H and O–H groups in total. The number of aromatic nitrogens is 1. The zero-order valence-corrected chi connectivity index (χ0v) is 12.6. The molecular weight excluding hydrogens is 289 g/mol. The van der Waals surface area contributed by atoms with Crippen LogP contribution in [-0.4, -0.2) is 20.5 Å². The SMILES string of the molecule is CCc1cc(/C=N/[S@@+]([O-])C(C)(C)C)nc(C(F)(F)F)c1. The zero-order chi connectivity index (χ0) is 15.6. The second-order valence-electron chi connectivity index (χ2n) is 5.23. The van der Waals surface area contributed by atoms with Gasteiger partial charge in [0, 0.05) is 0 Å². The third-order valence-corrected chi connectivity index (χ3v) is 3.75. The molecule has 112 valence electrons. The number of pyridine rings is 1. The molecule has 0 aliphatic carbocycles. The quantitative estimate of drug-likeness (QED) is 0.633. The topological polar surface area (TPSA) is 48.3 Å². The van der Waals surface area contributed by atoms with Crippen LogP contribution in [0.1, 0.15) is 44.6 Å². The Morgan fingerprint density at radius 1 is 1.30 bits per heavy atom. The number of alkyl halides is 3. The van der Waals surface area contributed by atoms with Crippen LogP contribution in [0.4, 0.5) is 13.2 Å². The minimum Gasteiger partial charge on any atom is -0.591 e. The van der Waals surface area contributed by atoms with Crippen molar-refractivity contribution in [3.05, 3.63) is 29.1 Å². The average molecular weight is 306 g/mol. The van der Waals surface area contributed by atoms with E-state index in [9.17, 15) is 17.7 Å². The molecule has 0 bridgehead atoms. The van der Waals surface area contributed by atoms with Crippen LogP contribution in [0.3, 0.4) is 0 Å². The van der Waals surface area contributed by atoms with Gasteiger partial charge in [-0.05, 0) is 44.9 Å². The summed E-state index contributed by atoms with van der Waals surface area (Å²) in [6.07, 6.45) is -2.92. The van der Waals surface area contributed by atoms with E-state index in [4.69, 9.17) is 0 Å². The third-order valence-electron chi connectivity index (χ3n) is 2.41. The molecule has 0 aromatic carbocycles. The maximum Gasteiger partial charge on any atom is 0.433 e. The Morgan fingerprint density at radius 3 is 2.35 bits per heavy atom. The van der Waals surface area contributed by atoms with Crippen molar-refractivity contribution in [3.8, 4) is 0 Å². The monoisotopic (exact) mass is 306 g/mol. The molecule has 1 aromatic rings. The summed E-state index contributed by atoms with van der Waals surface area (Å²) in [5.41, 5.74) is -0.385. The Bertz CT molecular complexity index is 495. The van der Waals surface area contributed by atoms with E-state index < -0.39 is 28.0 Å². The molecule has 20 heavy (non-hydrogen) atoms. The van der Waals surface area contributed by atoms with Crippen molar-refractivity contribution in [2.24, 2.45) is 4.40 Å². The standard InChI is InChI=1S/C13H17F3N2OS/c1-5-9-6-10(8-17-20(19)12(2,3)4)18-11(7-9)13(14,15)16/h6-8H,5H2,1-4H3/b17-8+/t20-/m0/s1. The maximum absolute atomic E-state index is 12.7. The molecular formula is C13H17F3N2OS. The van der Waals surface area contributed by atoms with Gasteiger partial charge in [0.2, 0.25) is 0 Å². The average Bonchev–Trinajstić information content (AvgIpc) is 2.33. The minimum atomic E-state index is -4.50. The molecule has 0 radical (unpaired) electrons. The maximum atomic E-state index is 12.7. The second-order valence-corrected chi connectivity index (χ2v) is 7.17. The normalized spacial score (nSPS) is 14.8. The van der Waals surface area contributed by atoms with Gasteiger partial charge >= 0.3 is 6.18 Å². The fourth-order valence-corrected chi connectivity index (χ4v) is 1.81. The van der Waals surface area contributed by atoms with Crippen molar-refractivity contribution in [1.29, 1.82) is 0 Å². The molecule has 1 atom stereocenters. The summed E-state index contributed by atoms with van der Waals surface area (Å²) in [5.74, 6) is 0. The Kier molecular flexibility index (Phi) is 5.21. The van der Waals surface area contributed by atoms with Gasteiger partial charge in [0.25, 0.3) is 0 Å². The highest BCUT2D eigenvalue weighted by Crippen LogP contribution is 2.28. The highest BCUT2D eigenvalue weighted by atomic mass is 32.2. The Balaban J connectivity index is 3.10. The summed E-state index contributed by atoms with van der Waals surface area (Å²) >= 11 is -1.53. The van der Waals surface area contributed by atoms with E-state index in [0.717, 1.165) is 12.3 Å². The predicted octanol–water partition coefficient (Wildman–Crippen LogP) is 3.54. The van der Waals surface area contributed by atoms with Gasteiger partial charge in [-0.2, -0.15) is 13.2 Å². The van der Waals surface area contributed by atoms with E-state index >= 15 is 0 Å². The van der Waals surface area contributed by atoms with Crippen molar-refractivity contribution in [2.45, 2.75) is 45.0 Å². The van der Waals surface area contributed by atoms with Gasteiger partial charge in [0.1, 0.15) is 28.0 Å². The van der Waals surface area contributed by atoms with Crippen molar-refractivity contribution in [2.75, 3.05) is 0 Å². The number of nitrogens with zero attached hydrogens (tertiary/aromatic N) is 2. The van der Waals surface area contributed by atoms with Gasteiger partial charge in [-0.3, -0.25) is 0 Å². The Morgan fingerprint density at radius 2 is 1.90 bits per heavy atom. The van der Waals surface area contributed by atoms with Crippen molar-refractivity contribution < 1.29 is 17.7 Å². The lowest BCUT2D eigenvalue weighted by atomic mass is 10.1. The number of rotatable bonds is 3. The first-order valence-corrected chi connectivity index (χ1v) is 7.19. The molecule has 0 spiro atoms. The predicted molar refractivity (Wildman–Crippen MR) is 74.1 cm³/mol. The fraction of sp³-hybridized carbons (Fsp3) is 0.538. The van der Waals surface area contributed by atoms with Gasteiger partial charge < -0.3 is 4.55 Å². The van der Waals surface area contributed by atoms with E-state index in [1.165, 1.54) is 6.07 Å². The van der Waals surface area contributed by atoms with Crippen LogP contribution >= 0.6 is 0 Å². The number of hydrogen-bond donors (Lipinski definition) is 0. The zero-order valence-electron chi connectivity index (χ0n) is 11.8. The summed E-state index contributed by atoms with van der Waals surface area (Å²) in [7, 11) is 0. The molecule has 1 rings (SSSR count). The van der Waals surface area contributed by atoms with E-state index in [0.29, 0.717) is 12.0 Å². The van der Waals surface area contributed by atoms with Gasteiger partial charge in [-0.1, -0.05) is 11.3 Å². The molecule has 0 saturated carbocycles. The van der Waals surface area contributed by atoms with Crippen LogP contribution in [0.25, 0.3) is 0 Å². The van der Waals surface area contributed by atoms with Crippen LogP contribution in [0.15, 0.2) is 16.5 Å². The Labute approximate surface area is 119 Å². The van der Waals surface area contributed by atoms with Crippen molar-refractivity contribution in [1.82, 2.24) is 4.98 Å². The van der Waals surface area contributed by atoms with Gasteiger partial charge in [0.05, 0.1) is 5.69 Å². The van der Waals surface area contributed by atoms with Gasteiger partial charge in [-0.25, -0.2) is 4.98 Å². The van der Waals surface area contributed by atoms with Crippen LogP contribution < -0.4 is 0 Å². The second kappa shape index (κ2) is 6.13. The summed E-state index contributed by atoms with van der Waals surface area (Å²) < 4.78 is 53.1. The molecule has 1 heterocycles. The third kappa shape index (κ3) is 4.79. The molecule has 0 aliphatic heterocycles. The summed E-state index contributed by atoms with van der Waals surface area (Å²) in [6, 6.07) is 2.52. The largest absolute Gasteiger partial charge is 0.591 e. The molecule has 3 nitrogen and oxygen atoms in total. The van der Waals surface area contributed by atoms with Crippen LogP contribution in [-0.2, 0) is 24.0 Å². The van der Waals surface area contributed by atoms with Gasteiger partial charge in [0.15, 0.2) is 0 Å². The van der Waals surface area contributed by atoms with E-state index in [1.54, 1.807) is 27.7 Å². The minimum absolute atomic E-state index is 0.0641. The Hall–Kier alpha value is -1.08. The van der Waals surface area contributed by atoms with E-state index in [1.807, 2.05) is 0 Å². The number of aryl methyl sites for hydroxylation is 1. The van der Waals surface area contributed by atoms with Crippen LogP contribution in [0, 0.1) is 0 Å². The van der Waals surface area contributed by atoms with E-state index in [-0.39, 0.29) is 5.69 Å². The molecule has 0 fully saturated rings. The lowest BCUT2D eigenvalue weighted by Gasteiger charge is -2.17. The number of hydrogen-bond acceptors (Lipinski definition) is 3. The van der Waals surface area contributed by atoms with Crippen LogP contribution in [0.5, 0.6) is 0 Å². The lowest BCUT2D eigenvalue weighted by molar-refractivity contribution is -0.141. The summed E-state index contributed by atoms with van der Waals surface area (Å²) in [4.78, 5) is 3.50. The first kappa shape index (κ1) is 17.0. The molecule has 1 aromatic heterocycles. The fourth-order valence-electron chi connectivity index (χ4n) is 1.29. The van der Waals surface area contributed by atoms with Crippen molar-refractivity contribution in [3.63, 3.8) is 0 Å². The first-order chi connectivity index (χ1) is 9.04. The molecule has 0 aliphatic rings. The van der Waals surface area contributed by atoms with Crippen LogP contribution in [0.2, 0.25) is 0 Å². The molecule has 0 unspecified atom stereocenters. The molecule has 7 heteroatoms. The first-order valence-electron chi connectivity index (χ1n) is 6.08. The highest BCUT2D eigenvalue weighted by Gasteiger charge is 2.33. The van der Waals surface area contributed by atoms with Gasteiger partial charge in [-0.15, -0.1) is 0 Å². The number of halogens is 3. The summed E-state index contributed by atoms with van der Waals surface area (Å²) in [6.45, 7) is 6.95. The smallest absolute Gasteiger partial charge is 0.433 e. The summed E-state index contributed by atoms with van der Waals surface area (Å²) in [5, 5.41) is 0. The molecule has 0 amide bonds. The van der Waals surface area contributed by atoms with E-state index in [2.05, 4.69) is 9.38 Å². The molecule has 0 saturated heterocycles. The lowest BCUT2D eigenvalue weighted by Crippen LogP contribution is -2.26. The van der Waals surface area contributed by atoms with Crippen molar-refractivity contribution >= 4 is 17.6 Å². The highest BCUT2D eigenvalue weighted by molar-refractivity contribution is 7.91.